The standard InChI is InChI=1S/C14H22BrFN2/c1-4-17-13(7-8-18(2)3)10-11-9-12(16)5-6-14(11)15/h5-6,9,13,17H,4,7-8,10H2,1-3H3. The van der Waals surface area contributed by atoms with Gasteiger partial charge in [0.05, 0.1) is 0 Å². The van der Waals surface area contributed by atoms with Crippen molar-refractivity contribution in [1.82, 2.24) is 10.2 Å². The van der Waals surface area contributed by atoms with Gasteiger partial charge in [-0.25, -0.2) is 4.39 Å². The number of halogens is 2. The van der Waals surface area contributed by atoms with Crippen molar-refractivity contribution in [2.75, 3.05) is 27.2 Å². The smallest absolute Gasteiger partial charge is 0.123 e. The normalized spacial score (nSPS) is 13.0. The van der Waals surface area contributed by atoms with Gasteiger partial charge in [-0.05, 0) is 63.8 Å². The molecule has 0 bridgehead atoms. The monoisotopic (exact) mass is 316 g/mol. The van der Waals surface area contributed by atoms with Crippen LogP contribution in [0.1, 0.15) is 18.9 Å². The lowest BCUT2D eigenvalue weighted by Crippen LogP contribution is -2.34. The molecule has 0 amide bonds. The fraction of sp³-hybridized carbons (Fsp3) is 0.571. The average Bonchev–Trinajstić information content (AvgIpc) is 2.31. The Labute approximate surface area is 118 Å². The van der Waals surface area contributed by atoms with Crippen LogP contribution in [0.4, 0.5) is 4.39 Å². The highest BCUT2D eigenvalue weighted by atomic mass is 79.9. The van der Waals surface area contributed by atoms with E-state index in [0.29, 0.717) is 6.04 Å². The van der Waals surface area contributed by atoms with Crippen LogP contribution in [0.25, 0.3) is 0 Å². The molecule has 1 N–H and O–H groups in total. The second-order valence-electron chi connectivity index (χ2n) is 4.79. The molecule has 0 aliphatic rings. The molecule has 0 radical (unpaired) electrons. The Morgan fingerprint density at radius 2 is 2.11 bits per heavy atom. The van der Waals surface area contributed by atoms with E-state index in [1.165, 1.54) is 6.07 Å². The number of nitrogens with zero attached hydrogens (tertiary/aromatic N) is 1. The SMILES string of the molecule is CCNC(CCN(C)C)Cc1cc(F)ccc1Br. The fourth-order valence-electron chi connectivity index (χ4n) is 1.94. The maximum absolute atomic E-state index is 13.2. The summed E-state index contributed by atoms with van der Waals surface area (Å²) in [5.74, 6) is -0.170. The van der Waals surface area contributed by atoms with E-state index in [1.54, 1.807) is 12.1 Å². The van der Waals surface area contributed by atoms with E-state index in [1.807, 2.05) is 0 Å². The first-order valence-electron chi connectivity index (χ1n) is 6.35. The van der Waals surface area contributed by atoms with Crippen LogP contribution in [0.5, 0.6) is 0 Å². The molecule has 102 valence electrons. The van der Waals surface area contributed by atoms with Gasteiger partial charge in [-0.2, -0.15) is 0 Å². The summed E-state index contributed by atoms with van der Waals surface area (Å²) in [6.45, 7) is 4.07. The Balaban J connectivity index is 2.66. The Bertz CT molecular complexity index is 369. The molecule has 1 atom stereocenters. The third-order valence-corrected chi connectivity index (χ3v) is 3.67. The molecule has 1 aromatic carbocycles. The zero-order chi connectivity index (χ0) is 13.5. The van der Waals surface area contributed by atoms with E-state index in [4.69, 9.17) is 0 Å². The van der Waals surface area contributed by atoms with Crippen LogP contribution in [0.3, 0.4) is 0 Å². The van der Waals surface area contributed by atoms with Crippen molar-refractivity contribution in [3.05, 3.63) is 34.1 Å². The molecule has 0 aromatic heterocycles. The Morgan fingerprint density at radius 3 is 2.72 bits per heavy atom. The molecule has 1 unspecified atom stereocenters. The molecule has 4 heteroatoms. The molecule has 1 rings (SSSR count). The summed E-state index contributed by atoms with van der Waals surface area (Å²) in [6, 6.07) is 5.26. The van der Waals surface area contributed by atoms with Gasteiger partial charge in [-0.15, -0.1) is 0 Å². The number of benzene rings is 1. The van der Waals surface area contributed by atoms with Gasteiger partial charge in [0.25, 0.3) is 0 Å². The van der Waals surface area contributed by atoms with Crippen LogP contribution in [-0.4, -0.2) is 38.1 Å². The summed E-state index contributed by atoms with van der Waals surface area (Å²) in [4.78, 5) is 2.17. The highest BCUT2D eigenvalue weighted by Gasteiger charge is 2.11. The molecular weight excluding hydrogens is 295 g/mol. The van der Waals surface area contributed by atoms with Crippen molar-refractivity contribution in [1.29, 1.82) is 0 Å². The van der Waals surface area contributed by atoms with Crippen molar-refractivity contribution in [3.8, 4) is 0 Å². The predicted octanol–water partition coefficient (Wildman–Crippen LogP) is 3.06. The molecule has 0 saturated carbocycles. The van der Waals surface area contributed by atoms with Crippen LogP contribution in [0.2, 0.25) is 0 Å². The van der Waals surface area contributed by atoms with E-state index in [-0.39, 0.29) is 5.82 Å². The highest BCUT2D eigenvalue weighted by molar-refractivity contribution is 9.10. The molecule has 18 heavy (non-hydrogen) atoms. The molecule has 0 heterocycles. The third kappa shape index (κ3) is 5.46. The van der Waals surface area contributed by atoms with Crippen molar-refractivity contribution in [2.45, 2.75) is 25.8 Å². The Hall–Kier alpha value is -0.450. The number of rotatable bonds is 7. The van der Waals surface area contributed by atoms with Gasteiger partial charge in [-0.1, -0.05) is 22.9 Å². The topological polar surface area (TPSA) is 15.3 Å². The molecule has 0 aliphatic heterocycles. The third-order valence-electron chi connectivity index (χ3n) is 2.89. The first-order chi connectivity index (χ1) is 8.52. The van der Waals surface area contributed by atoms with Crippen LogP contribution >= 0.6 is 15.9 Å². The van der Waals surface area contributed by atoms with Crippen LogP contribution in [0.15, 0.2) is 22.7 Å². The van der Waals surface area contributed by atoms with E-state index < -0.39 is 0 Å². The van der Waals surface area contributed by atoms with E-state index in [0.717, 1.165) is 36.0 Å². The lowest BCUT2D eigenvalue weighted by molar-refractivity contribution is 0.358. The lowest BCUT2D eigenvalue weighted by Gasteiger charge is -2.20. The first kappa shape index (κ1) is 15.6. The van der Waals surface area contributed by atoms with Crippen molar-refractivity contribution in [2.24, 2.45) is 0 Å². The minimum absolute atomic E-state index is 0.170. The summed E-state index contributed by atoms with van der Waals surface area (Å²) in [5.41, 5.74) is 1.03. The van der Waals surface area contributed by atoms with Crippen molar-refractivity contribution < 1.29 is 4.39 Å². The first-order valence-corrected chi connectivity index (χ1v) is 7.14. The second-order valence-corrected chi connectivity index (χ2v) is 5.64. The van der Waals surface area contributed by atoms with Gasteiger partial charge >= 0.3 is 0 Å². The molecule has 0 saturated heterocycles. The van der Waals surface area contributed by atoms with Gasteiger partial charge in [0.15, 0.2) is 0 Å². The second kappa shape index (κ2) is 7.87. The number of likely N-dealkylation sites (N-methyl/N-ethyl adjacent to an activating group) is 1. The minimum Gasteiger partial charge on any atom is -0.314 e. The van der Waals surface area contributed by atoms with Gasteiger partial charge in [0, 0.05) is 10.5 Å². The summed E-state index contributed by atoms with van der Waals surface area (Å²) < 4.78 is 14.2. The van der Waals surface area contributed by atoms with Crippen LogP contribution < -0.4 is 5.32 Å². The largest absolute Gasteiger partial charge is 0.314 e. The molecule has 0 aliphatic carbocycles. The van der Waals surface area contributed by atoms with Gasteiger partial charge in [0.2, 0.25) is 0 Å². The minimum atomic E-state index is -0.170. The summed E-state index contributed by atoms with van der Waals surface area (Å²) in [5, 5.41) is 3.46. The summed E-state index contributed by atoms with van der Waals surface area (Å²) in [7, 11) is 4.14. The number of nitrogens with one attached hydrogen (secondary N) is 1. The zero-order valence-electron chi connectivity index (χ0n) is 11.3. The molecule has 0 fully saturated rings. The van der Waals surface area contributed by atoms with Crippen molar-refractivity contribution in [3.63, 3.8) is 0 Å². The molecule has 0 spiro atoms. The maximum Gasteiger partial charge on any atom is 0.123 e. The van der Waals surface area contributed by atoms with Crippen molar-refractivity contribution >= 4 is 15.9 Å². The van der Waals surface area contributed by atoms with E-state index >= 15 is 0 Å². The zero-order valence-corrected chi connectivity index (χ0v) is 12.9. The van der Waals surface area contributed by atoms with Gasteiger partial charge < -0.3 is 10.2 Å². The Kier molecular flexibility index (Phi) is 6.82. The molecular formula is C14H22BrFN2. The predicted molar refractivity (Wildman–Crippen MR) is 78.4 cm³/mol. The van der Waals surface area contributed by atoms with E-state index in [9.17, 15) is 4.39 Å². The lowest BCUT2D eigenvalue weighted by atomic mass is 10.0. The fourth-order valence-corrected chi connectivity index (χ4v) is 2.35. The van der Waals surface area contributed by atoms with Gasteiger partial charge in [-0.3, -0.25) is 0 Å². The number of hydrogen-bond acceptors (Lipinski definition) is 2. The number of hydrogen-bond donors (Lipinski definition) is 1. The summed E-state index contributed by atoms with van der Waals surface area (Å²) in [6.07, 6.45) is 1.91. The summed E-state index contributed by atoms with van der Waals surface area (Å²) >= 11 is 3.49. The molecule has 1 aromatic rings. The van der Waals surface area contributed by atoms with Gasteiger partial charge in [0.1, 0.15) is 5.82 Å². The Morgan fingerprint density at radius 1 is 1.39 bits per heavy atom. The van der Waals surface area contributed by atoms with Crippen LogP contribution in [0, 0.1) is 5.82 Å². The molecule has 2 nitrogen and oxygen atoms in total. The highest BCUT2D eigenvalue weighted by Crippen LogP contribution is 2.20. The average molecular weight is 317 g/mol. The van der Waals surface area contributed by atoms with E-state index in [2.05, 4.69) is 47.2 Å². The quantitative estimate of drug-likeness (QED) is 0.831. The maximum atomic E-state index is 13.2. The van der Waals surface area contributed by atoms with Crippen LogP contribution in [-0.2, 0) is 6.42 Å².